The van der Waals surface area contributed by atoms with Crippen molar-refractivity contribution in [3.63, 3.8) is 0 Å². The van der Waals surface area contributed by atoms with Gasteiger partial charge in [0.2, 0.25) is 0 Å². The van der Waals surface area contributed by atoms with Crippen molar-refractivity contribution in [1.82, 2.24) is 0 Å². The maximum Gasteiger partial charge on any atom is 0.285 e. The van der Waals surface area contributed by atoms with Crippen LogP contribution in [0.1, 0.15) is 23.7 Å². The number of phenolic OH excluding ortho intramolecular Hbond substituents is 1. The zero-order valence-electron chi connectivity index (χ0n) is 11.0. The van der Waals surface area contributed by atoms with Crippen molar-refractivity contribution in [1.29, 1.82) is 0 Å². The molecule has 1 atom stereocenters. The normalized spacial score (nSPS) is 20.9. The summed E-state index contributed by atoms with van der Waals surface area (Å²) in [6, 6.07) is 6.48. The Balaban J connectivity index is 2.12. The standard InChI is InChI=1S/C16H14O4/c1-9-8-12-10(6-7-20-16(12)19)14(9)15(18)11-4-2-3-5-13(11)17/h2-7,9,17,19H,8H2,1H3. The molecule has 1 aliphatic heterocycles. The minimum absolute atomic E-state index is 0.0272. The highest BCUT2D eigenvalue weighted by Gasteiger charge is 2.34. The van der Waals surface area contributed by atoms with Crippen LogP contribution in [0.25, 0.3) is 0 Å². The van der Waals surface area contributed by atoms with Gasteiger partial charge in [-0.05, 0) is 36.1 Å². The summed E-state index contributed by atoms with van der Waals surface area (Å²) >= 11 is 0. The number of carbonyl (C=O) groups excluding carboxylic acids is 1. The average Bonchev–Trinajstić information content (AvgIpc) is 2.76. The molecule has 1 aromatic rings. The van der Waals surface area contributed by atoms with Gasteiger partial charge in [-0.2, -0.15) is 0 Å². The Hall–Kier alpha value is -2.49. The number of rotatable bonds is 2. The maximum atomic E-state index is 12.6. The van der Waals surface area contributed by atoms with Crippen LogP contribution in [0.4, 0.5) is 0 Å². The number of phenols is 1. The second-order valence-corrected chi connectivity index (χ2v) is 4.98. The number of allylic oxidation sites excluding steroid dienone is 4. The van der Waals surface area contributed by atoms with Crippen LogP contribution in [-0.4, -0.2) is 16.0 Å². The summed E-state index contributed by atoms with van der Waals surface area (Å²) in [5, 5.41) is 19.6. The average molecular weight is 270 g/mol. The minimum atomic E-state index is -0.208. The number of ether oxygens (including phenoxy) is 1. The number of benzene rings is 1. The van der Waals surface area contributed by atoms with E-state index >= 15 is 0 Å². The summed E-state index contributed by atoms with van der Waals surface area (Å²) in [4.78, 5) is 12.6. The van der Waals surface area contributed by atoms with Crippen molar-refractivity contribution < 1.29 is 19.7 Å². The number of aromatic hydroxyl groups is 1. The molecule has 0 spiro atoms. The van der Waals surface area contributed by atoms with Gasteiger partial charge in [-0.3, -0.25) is 4.79 Å². The summed E-state index contributed by atoms with van der Waals surface area (Å²) in [5.74, 6) is -0.412. The smallest absolute Gasteiger partial charge is 0.285 e. The molecule has 1 aromatic carbocycles. The zero-order valence-corrected chi connectivity index (χ0v) is 11.0. The Bertz CT molecular complexity index is 679. The quantitative estimate of drug-likeness (QED) is 0.810. The molecule has 4 nitrogen and oxygen atoms in total. The molecule has 0 aromatic heterocycles. The van der Waals surface area contributed by atoms with Crippen molar-refractivity contribution >= 4 is 5.78 Å². The van der Waals surface area contributed by atoms with E-state index in [1.54, 1.807) is 24.3 Å². The first kappa shape index (κ1) is 12.5. The van der Waals surface area contributed by atoms with Gasteiger partial charge < -0.3 is 14.9 Å². The van der Waals surface area contributed by atoms with Gasteiger partial charge >= 0.3 is 0 Å². The molecule has 2 aliphatic rings. The van der Waals surface area contributed by atoms with E-state index in [-0.39, 0.29) is 29.0 Å². The molecular weight excluding hydrogens is 256 g/mol. The van der Waals surface area contributed by atoms with Gasteiger partial charge in [0, 0.05) is 11.1 Å². The van der Waals surface area contributed by atoms with E-state index < -0.39 is 0 Å². The predicted octanol–water partition coefficient (Wildman–Crippen LogP) is 3.22. The molecule has 0 bridgehead atoms. The second-order valence-electron chi connectivity index (χ2n) is 4.98. The number of hydrogen-bond donors (Lipinski definition) is 2. The van der Waals surface area contributed by atoms with Crippen molar-refractivity contribution in [2.24, 2.45) is 5.92 Å². The van der Waals surface area contributed by atoms with Crippen molar-refractivity contribution in [2.45, 2.75) is 13.3 Å². The Kier molecular flexibility index (Phi) is 2.86. The van der Waals surface area contributed by atoms with Crippen molar-refractivity contribution in [3.05, 3.63) is 64.8 Å². The number of ketones is 1. The first-order chi connectivity index (χ1) is 9.59. The number of hydrogen-bond acceptors (Lipinski definition) is 4. The number of fused-ring (bicyclic) bond motifs is 1. The van der Waals surface area contributed by atoms with Gasteiger partial charge in [0.05, 0.1) is 11.8 Å². The molecule has 1 unspecified atom stereocenters. The molecule has 1 heterocycles. The molecule has 4 heteroatoms. The molecule has 0 saturated heterocycles. The summed E-state index contributed by atoms with van der Waals surface area (Å²) < 4.78 is 4.96. The van der Waals surface area contributed by atoms with Gasteiger partial charge in [-0.25, -0.2) is 0 Å². The highest BCUT2D eigenvalue weighted by Crippen LogP contribution is 2.42. The third-order valence-electron chi connectivity index (χ3n) is 3.68. The van der Waals surface area contributed by atoms with Gasteiger partial charge in [-0.15, -0.1) is 0 Å². The van der Waals surface area contributed by atoms with E-state index in [0.29, 0.717) is 23.1 Å². The van der Waals surface area contributed by atoms with E-state index in [1.165, 1.54) is 12.3 Å². The van der Waals surface area contributed by atoms with E-state index in [9.17, 15) is 15.0 Å². The molecule has 0 amide bonds. The van der Waals surface area contributed by atoms with Crippen LogP contribution in [0, 0.1) is 5.92 Å². The lowest BCUT2D eigenvalue weighted by Crippen LogP contribution is -2.09. The second kappa shape index (κ2) is 4.56. The van der Waals surface area contributed by atoms with Crippen LogP contribution < -0.4 is 0 Å². The number of aliphatic hydroxyl groups is 1. The monoisotopic (exact) mass is 270 g/mol. The third-order valence-corrected chi connectivity index (χ3v) is 3.68. The SMILES string of the molecule is CC1CC2=C(O)OC=CC2=C1C(=O)c1ccccc1O. The molecule has 0 radical (unpaired) electrons. The largest absolute Gasteiger partial charge is 0.507 e. The molecule has 3 rings (SSSR count). The minimum Gasteiger partial charge on any atom is -0.507 e. The van der Waals surface area contributed by atoms with Crippen LogP contribution in [0.15, 0.2) is 59.3 Å². The van der Waals surface area contributed by atoms with Crippen molar-refractivity contribution in [3.8, 4) is 5.75 Å². The summed E-state index contributed by atoms with van der Waals surface area (Å²) in [7, 11) is 0. The summed E-state index contributed by atoms with van der Waals surface area (Å²) in [6.45, 7) is 1.92. The van der Waals surface area contributed by atoms with Crippen molar-refractivity contribution in [2.75, 3.05) is 0 Å². The molecule has 0 saturated carbocycles. The van der Waals surface area contributed by atoms with Gasteiger partial charge in [0.1, 0.15) is 5.75 Å². The third kappa shape index (κ3) is 1.81. The molecular formula is C16H14O4. The van der Waals surface area contributed by atoms with Crippen LogP contribution in [0.2, 0.25) is 0 Å². The lowest BCUT2D eigenvalue weighted by atomic mass is 9.93. The molecule has 20 heavy (non-hydrogen) atoms. The summed E-state index contributed by atoms with van der Waals surface area (Å²) in [6.07, 6.45) is 3.61. The van der Waals surface area contributed by atoms with Gasteiger partial charge in [0.15, 0.2) is 5.78 Å². The fourth-order valence-corrected chi connectivity index (χ4v) is 2.73. The lowest BCUT2D eigenvalue weighted by Gasteiger charge is -2.11. The first-order valence-electron chi connectivity index (χ1n) is 6.42. The first-order valence-corrected chi connectivity index (χ1v) is 6.42. The fourth-order valence-electron chi connectivity index (χ4n) is 2.73. The number of Topliss-reactive ketones (excluding diaryl/α,β-unsaturated/α-hetero) is 1. The predicted molar refractivity (Wildman–Crippen MR) is 73.1 cm³/mol. The molecule has 0 fully saturated rings. The van der Waals surface area contributed by atoms with Crippen LogP contribution in [0.5, 0.6) is 5.75 Å². The molecule has 1 aliphatic carbocycles. The number of para-hydroxylation sites is 1. The highest BCUT2D eigenvalue weighted by molar-refractivity contribution is 6.12. The Morgan fingerprint density at radius 1 is 1.30 bits per heavy atom. The van der Waals surface area contributed by atoms with E-state index in [4.69, 9.17) is 4.74 Å². The van der Waals surface area contributed by atoms with Crippen LogP contribution >= 0.6 is 0 Å². The fraction of sp³-hybridized carbons (Fsp3) is 0.188. The van der Waals surface area contributed by atoms with E-state index in [2.05, 4.69) is 0 Å². The topological polar surface area (TPSA) is 66.8 Å². The maximum absolute atomic E-state index is 12.6. The van der Waals surface area contributed by atoms with E-state index in [0.717, 1.165) is 0 Å². The highest BCUT2D eigenvalue weighted by atomic mass is 16.6. The Morgan fingerprint density at radius 3 is 2.80 bits per heavy atom. The molecule has 102 valence electrons. The van der Waals surface area contributed by atoms with Gasteiger partial charge in [-0.1, -0.05) is 19.1 Å². The van der Waals surface area contributed by atoms with Gasteiger partial charge in [0.25, 0.3) is 5.95 Å². The Morgan fingerprint density at radius 2 is 2.05 bits per heavy atom. The lowest BCUT2D eigenvalue weighted by molar-refractivity contribution is 0.102. The Labute approximate surface area is 116 Å². The molecule has 2 N–H and O–H groups in total. The van der Waals surface area contributed by atoms with E-state index in [1.807, 2.05) is 6.92 Å². The summed E-state index contributed by atoms with van der Waals surface area (Å²) in [5.41, 5.74) is 2.24. The number of aliphatic hydroxyl groups excluding tert-OH is 1. The van der Waals surface area contributed by atoms with Crippen LogP contribution in [-0.2, 0) is 4.74 Å². The zero-order chi connectivity index (χ0) is 14.3. The van der Waals surface area contributed by atoms with Crippen LogP contribution in [0.3, 0.4) is 0 Å². The number of carbonyl (C=O) groups is 1.